The maximum atomic E-state index is 13.5. The van der Waals surface area contributed by atoms with E-state index in [2.05, 4.69) is 19.2 Å². The SMILES string of the molecule is COc1ccc(S(=O)(=O)N2CCN(C(C)=O)C[C@@H]2C(=O)NCc2ccc(C(C)C)cc2)cc1C(=O)O. The number of carbonyl (C=O) groups is 3. The van der Waals surface area contributed by atoms with Gasteiger partial charge >= 0.3 is 5.97 Å². The number of carbonyl (C=O) groups excluding carboxylic acids is 2. The van der Waals surface area contributed by atoms with Gasteiger partial charge < -0.3 is 20.1 Å². The number of carboxylic acid groups (broad SMARTS) is 1. The number of carboxylic acids is 1. The van der Waals surface area contributed by atoms with Gasteiger partial charge in [-0.2, -0.15) is 4.31 Å². The van der Waals surface area contributed by atoms with Crippen molar-refractivity contribution in [1.82, 2.24) is 14.5 Å². The van der Waals surface area contributed by atoms with Crippen LogP contribution in [0.4, 0.5) is 0 Å². The molecular formula is C25H31N3O7S. The molecule has 11 heteroatoms. The first-order valence-electron chi connectivity index (χ1n) is 11.5. The van der Waals surface area contributed by atoms with Gasteiger partial charge in [0, 0.05) is 33.1 Å². The molecule has 2 N–H and O–H groups in total. The van der Waals surface area contributed by atoms with Crippen LogP contribution in [0.1, 0.15) is 48.2 Å². The standard InChI is InChI=1S/C25H31N3O7S/c1-16(2)19-7-5-18(6-8-19)14-26-24(30)22-15-27(17(3)29)11-12-28(22)36(33,34)20-9-10-23(35-4)21(13-20)25(31)32/h5-10,13,16,22H,11-12,14-15H2,1-4H3,(H,26,30)(H,31,32)/t22-/m1/s1. The molecule has 2 amide bonds. The van der Waals surface area contributed by atoms with E-state index in [0.717, 1.165) is 21.5 Å². The fourth-order valence-electron chi connectivity index (χ4n) is 4.03. The van der Waals surface area contributed by atoms with Gasteiger partial charge in [0.1, 0.15) is 17.4 Å². The van der Waals surface area contributed by atoms with Crippen molar-refractivity contribution in [1.29, 1.82) is 0 Å². The number of sulfonamides is 1. The third-order valence-electron chi connectivity index (χ3n) is 6.20. The van der Waals surface area contributed by atoms with Gasteiger partial charge in [0.15, 0.2) is 0 Å². The van der Waals surface area contributed by atoms with Crippen LogP contribution in [0.3, 0.4) is 0 Å². The number of hydrogen-bond acceptors (Lipinski definition) is 6. The van der Waals surface area contributed by atoms with E-state index in [-0.39, 0.29) is 48.3 Å². The molecule has 0 aliphatic carbocycles. The fraction of sp³-hybridized carbons (Fsp3) is 0.400. The normalized spacial score (nSPS) is 16.6. The number of nitrogens with one attached hydrogen (secondary N) is 1. The summed E-state index contributed by atoms with van der Waals surface area (Å²) >= 11 is 0. The lowest BCUT2D eigenvalue weighted by molar-refractivity contribution is -0.134. The average Bonchev–Trinajstić information content (AvgIpc) is 2.86. The van der Waals surface area contributed by atoms with E-state index < -0.39 is 27.9 Å². The van der Waals surface area contributed by atoms with Crippen molar-refractivity contribution in [2.75, 3.05) is 26.7 Å². The third kappa shape index (κ3) is 5.85. The highest BCUT2D eigenvalue weighted by Gasteiger charge is 2.41. The zero-order valence-corrected chi connectivity index (χ0v) is 21.5. The molecule has 0 bridgehead atoms. The van der Waals surface area contributed by atoms with E-state index in [9.17, 15) is 27.9 Å². The zero-order chi connectivity index (χ0) is 26.6. The first-order chi connectivity index (χ1) is 16.9. The summed E-state index contributed by atoms with van der Waals surface area (Å²) in [5.74, 6) is -1.79. The van der Waals surface area contributed by atoms with Crippen LogP contribution in [0.2, 0.25) is 0 Å². The molecule has 3 rings (SSSR count). The van der Waals surface area contributed by atoms with Crippen LogP contribution in [-0.2, 0) is 26.2 Å². The smallest absolute Gasteiger partial charge is 0.339 e. The molecule has 1 fully saturated rings. The van der Waals surface area contributed by atoms with E-state index in [1.807, 2.05) is 24.3 Å². The first-order valence-corrected chi connectivity index (χ1v) is 12.9. The average molecular weight is 518 g/mol. The Labute approximate surface area is 210 Å². The summed E-state index contributed by atoms with van der Waals surface area (Å²) in [5.41, 5.74) is 1.70. The Bertz CT molecular complexity index is 1240. The lowest BCUT2D eigenvalue weighted by atomic mass is 10.0. The van der Waals surface area contributed by atoms with Crippen molar-refractivity contribution in [3.05, 3.63) is 59.2 Å². The van der Waals surface area contributed by atoms with Gasteiger partial charge in [-0.25, -0.2) is 13.2 Å². The molecule has 2 aromatic rings. The van der Waals surface area contributed by atoms with Crippen molar-refractivity contribution < 1.29 is 32.6 Å². The summed E-state index contributed by atoms with van der Waals surface area (Å²) in [4.78, 5) is 38.0. The molecule has 0 spiro atoms. The number of rotatable bonds is 8. The van der Waals surface area contributed by atoms with Crippen LogP contribution < -0.4 is 10.1 Å². The number of amides is 2. The maximum absolute atomic E-state index is 13.5. The minimum absolute atomic E-state index is 0.0145. The summed E-state index contributed by atoms with van der Waals surface area (Å²) in [6, 6.07) is 10.1. The molecule has 0 saturated carbocycles. The molecule has 0 radical (unpaired) electrons. The lowest BCUT2D eigenvalue weighted by Gasteiger charge is -2.39. The van der Waals surface area contributed by atoms with Crippen LogP contribution in [0.25, 0.3) is 0 Å². The quantitative estimate of drug-likeness (QED) is 0.547. The van der Waals surface area contributed by atoms with Gasteiger partial charge in [-0.1, -0.05) is 38.1 Å². The first kappa shape index (κ1) is 27.2. The summed E-state index contributed by atoms with van der Waals surface area (Å²) < 4.78 is 33.1. The number of nitrogens with zero attached hydrogens (tertiary/aromatic N) is 2. The molecule has 194 valence electrons. The molecule has 1 atom stereocenters. The van der Waals surface area contributed by atoms with Crippen molar-refractivity contribution in [2.24, 2.45) is 0 Å². The van der Waals surface area contributed by atoms with E-state index in [4.69, 9.17) is 4.74 Å². The predicted octanol–water partition coefficient (Wildman–Crippen LogP) is 2.05. The number of benzene rings is 2. The summed E-state index contributed by atoms with van der Waals surface area (Å²) in [6.45, 7) is 5.59. The molecule has 1 heterocycles. The molecule has 1 saturated heterocycles. The van der Waals surface area contributed by atoms with E-state index in [0.29, 0.717) is 5.92 Å². The van der Waals surface area contributed by atoms with Gasteiger partial charge in [0.2, 0.25) is 21.8 Å². The molecule has 0 aromatic heterocycles. The van der Waals surface area contributed by atoms with Crippen molar-refractivity contribution in [3.63, 3.8) is 0 Å². The Kier molecular flexibility index (Phi) is 8.36. The van der Waals surface area contributed by atoms with Gasteiger partial charge in [-0.3, -0.25) is 9.59 Å². The fourth-order valence-corrected chi connectivity index (χ4v) is 5.63. The van der Waals surface area contributed by atoms with Crippen LogP contribution in [0.5, 0.6) is 5.75 Å². The minimum Gasteiger partial charge on any atom is -0.496 e. The number of hydrogen-bond donors (Lipinski definition) is 2. The Hall–Kier alpha value is -3.44. The van der Waals surface area contributed by atoms with Gasteiger partial charge in [-0.15, -0.1) is 0 Å². The van der Waals surface area contributed by atoms with Gasteiger partial charge in [0.25, 0.3) is 0 Å². The second kappa shape index (κ2) is 11.1. The van der Waals surface area contributed by atoms with Crippen LogP contribution >= 0.6 is 0 Å². The Morgan fingerprint density at radius 1 is 1.11 bits per heavy atom. The predicted molar refractivity (Wildman–Crippen MR) is 132 cm³/mol. The van der Waals surface area contributed by atoms with Gasteiger partial charge in [-0.05, 0) is 35.2 Å². The van der Waals surface area contributed by atoms with E-state index in [1.165, 1.54) is 31.1 Å². The van der Waals surface area contributed by atoms with Crippen LogP contribution in [0.15, 0.2) is 47.4 Å². The highest BCUT2D eigenvalue weighted by atomic mass is 32.2. The topological polar surface area (TPSA) is 133 Å². The molecule has 1 aliphatic rings. The van der Waals surface area contributed by atoms with Crippen LogP contribution in [0, 0.1) is 0 Å². The molecular weight excluding hydrogens is 486 g/mol. The summed E-state index contributed by atoms with van der Waals surface area (Å²) in [7, 11) is -2.98. The van der Waals surface area contributed by atoms with Crippen molar-refractivity contribution >= 4 is 27.8 Å². The Balaban J connectivity index is 1.88. The molecule has 2 aromatic carbocycles. The van der Waals surface area contributed by atoms with Crippen LogP contribution in [-0.4, -0.2) is 73.3 Å². The molecule has 36 heavy (non-hydrogen) atoms. The number of aromatic carboxylic acids is 1. The monoisotopic (exact) mass is 517 g/mol. The summed E-state index contributed by atoms with van der Waals surface area (Å²) in [5, 5.41) is 12.2. The number of ether oxygens (including phenoxy) is 1. The number of methoxy groups -OCH3 is 1. The van der Waals surface area contributed by atoms with Gasteiger partial charge in [0.05, 0.1) is 12.0 Å². The Morgan fingerprint density at radius 2 is 1.78 bits per heavy atom. The van der Waals surface area contributed by atoms with E-state index in [1.54, 1.807) is 0 Å². The largest absolute Gasteiger partial charge is 0.496 e. The molecule has 0 unspecified atom stereocenters. The Morgan fingerprint density at radius 3 is 2.33 bits per heavy atom. The zero-order valence-electron chi connectivity index (χ0n) is 20.7. The second-order valence-corrected chi connectivity index (χ2v) is 10.8. The van der Waals surface area contributed by atoms with E-state index >= 15 is 0 Å². The molecule has 1 aliphatic heterocycles. The number of piperazine rings is 1. The summed E-state index contributed by atoms with van der Waals surface area (Å²) in [6.07, 6.45) is 0. The lowest BCUT2D eigenvalue weighted by Crippen LogP contribution is -2.61. The second-order valence-electron chi connectivity index (χ2n) is 8.88. The molecule has 10 nitrogen and oxygen atoms in total. The highest BCUT2D eigenvalue weighted by Crippen LogP contribution is 2.27. The minimum atomic E-state index is -4.27. The maximum Gasteiger partial charge on any atom is 0.339 e. The van der Waals surface area contributed by atoms with Crippen molar-refractivity contribution in [3.8, 4) is 5.75 Å². The highest BCUT2D eigenvalue weighted by molar-refractivity contribution is 7.89. The third-order valence-corrected chi connectivity index (χ3v) is 8.10. The van der Waals surface area contributed by atoms with Crippen molar-refractivity contribution in [2.45, 2.75) is 44.2 Å².